The summed E-state index contributed by atoms with van der Waals surface area (Å²) in [4.78, 5) is 10.1. The van der Waals surface area contributed by atoms with Crippen molar-refractivity contribution in [1.82, 2.24) is 15.3 Å². The molecule has 0 fully saturated rings. The molecule has 4 heteroatoms. The van der Waals surface area contributed by atoms with Crippen LogP contribution in [0, 0.1) is 6.92 Å². The summed E-state index contributed by atoms with van der Waals surface area (Å²) >= 11 is 1.71. The van der Waals surface area contributed by atoms with E-state index < -0.39 is 0 Å². The highest BCUT2D eigenvalue weighted by Crippen LogP contribution is 2.25. The standard InChI is InChI=1S/C13H17N3S/c1-3-6-14-8-11-9-16-13(17-11)12-10(2)5-4-7-15-12/h4-5,7,9,14H,3,6,8H2,1-2H3. The normalized spacial score (nSPS) is 10.7. The van der Waals surface area contributed by atoms with Crippen LogP contribution >= 0.6 is 11.3 Å². The van der Waals surface area contributed by atoms with Gasteiger partial charge in [-0.05, 0) is 31.5 Å². The van der Waals surface area contributed by atoms with E-state index in [0.717, 1.165) is 30.2 Å². The maximum absolute atomic E-state index is 4.44. The SMILES string of the molecule is CCCNCc1cnc(-c2ncccc2C)s1. The van der Waals surface area contributed by atoms with Crippen LogP contribution in [0.25, 0.3) is 10.7 Å². The molecule has 2 aromatic rings. The second-order valence-corrected chi connectivity index (χ2v) is 5.09. The van der Waals surface area contributed by atoms with E-state index in [1.54, 1.807) is 11.3 Å². The minimum absolute atomic E-state index is 0.900. The van der Waals surface area contributed by atoms with E-state index in [1.165, 1.54) is 10.4 Å². The van der Waals surface area contributed by atoms with Gasteiger partial charge >= 0.3 is 0 Å². The Bertz CT molecular complexity index is 479. The van der Waals surface area contributed by atoms with Gasteiger partial charge in [0.25, 0.3) is 0 Å². The highest BCUT2D eigenvalue weighted by Gasteiger charge is 2.07. The Labute approximate surface area is 106 Å². The number of thiazole rings is 1. The molecule has 90 valence electrons. The van der Waals surface area contributed by atoms with Crippen LogP contribution in [-0.2, 0) is 6.54 Å². The first-order chi connectivity index (χ1) is 8.31. The second-order valence-electron chi connectivity index (χ2n) is 3.98. The van der Waals surface area contributed by atoms with Gasteiger partial charge in [0.05, 0.1) is 0 Å². The van der Waals surface area contributed by atoms with Gasteiger partial charge in [-0.3, -0.25) is 4.98 Å². The molecule has 0 radical (unpaired) electrons. The van der Waals surface area contributed by atoms with E-state index in [9.17, 15) is 0 Å². The van der Waals surface area contributed by atoms with Crippen LogP contribution in [0.15, 0.2) is 24.5 Å². The van der Waals surface area contributed by atoms with Crippen molar-refractivity contribution < 1.29 is 0 Å². The van der Waals surface area contributed by atoms with Crippen LogP contribution in [-0.4, -0.2) is 16.5 Å². The summed E-state index contributed by atoms with van der Waals surface area (Å²) in [6.45, 7) is 6.19. The van der Waals surface area contributed by atoms with Crippen molar-refractivity contribution in [3.8, 4) is 10.7 Å². The molecule has 0 aliphatic heterocycles. The molecule has 17 heavy (non-hydrogen) atoms. The van der Waals surface area contributed by atoms with Gasteiger partial charge in [-0.25, -0.2) is 4.98 Å². The predicted octanol–water partition coefficient (Wildman–Crippen LogP) is 3.01. The van der Waals surface area contributed by atoms with Gasteiger partial charge in [-0.2, -0.15) is 0 Å². The molecular weight excluding hydrogens is 230 g/mol. The molecule has 0 saturated heterocycles. The highest BCUT2D eigenvalue weighted by molar-refractivity contribution is 7.15. The zero-order valence-electron chi connectivity index (χ0n) is 10.2. The molecule has 1 N–H and O–H groups in total. The summed E-state index contributed by atoms with van der Waals surface area (Å²) in [6.07, 6.45) is 4.92. The number of aromatic nitrogens is 2. The van der Waals surface area contributed by atoms with E-state index in [1.807, 2.05) is 18.5 Å². The second kappa shape index (κ2) is 5.89. The van der Waals surface area contributed by atoms with Crippen molar-refractivity contribution in [2.45, 2.75) is 26.8 Å². The van der Waals surface area contributed by atoms with Crippen molar-refractivity contribution in [2.24, 2.45) is 0 Å². The molecule has 2 rings (SSSR count). The molecule has 2 aromatic heterocycles. The average Bonchev–Trinajstić information content (AvgIpc) is 2.79. The van der Waals surface area contributed by atoms with E-state index in [-0.39, 0.29) is 0 Å². The number of pyridine rings is 1. The maximum atomic E-state index is 4.44. The molecule has 0 aromatic carbocycles. The zero-order valence-corrected chi connectivity index (χ0v) is 11.0. The highest BCUT2D eigenvalue weighted by atomic mass is 32.1. The zero-order chi connectivity index (χ0) is 12.1. The average molecular weight is 247 g/mol. The number of nitrogens with one attached hydrogen (secondary N) is 1. The monoisotopic (exact) mass is 247 g/mol. The number of nitrogens with zero attached hydrogens (tertiary/aromatic N) is 2. The lowest BCUT2D eigenvalue weighted by molar-refractivity contribution is 0.681. The Morgan fingerprint density at radius 3 is 3.00 bits per heavy atom. The van der Waals surface area contributed by atoms with Crippen LogP contribution in [0.2, 0.25) is 0 Å². The van der Waals surface area contributed by atoms with Crippen molar-refractivity contribution >= 4 is 11.3 Å². The van der Waals surface area contributed by atoms with Crippen molar-refractivity contribution in [3.05, 3.63) is 35.0 Å². The Morgan fingerprint density at radius 2 is 2.24 bits per heavy atom. The first kappa shape index (κ1) is 12.2. The lowest BCUT2D eigenvalue weighted by atomic mass is 10.2. The number of aryl methyl sites for hydroxylation is 1. The predicted molar refractivity (Wildman–Crippen MR) is 72.1 cm³/mol. The molecule has 0 aliphatic rings. The van der Waals surface area contributed by atoms with Crippen molar-refractivity contribution in [2.75, 3.05) is 6.54 Å². The fourth-order valence-electron chi connectivity index (χ4n) is 1.60. The molecular formula is C13H17N3S. The summed E-state index contributed by atoms with van der Waals surface area (Å²) in [7, 11) is 0. The van der Waals surface area contributed by atoms with Gasteiger partial charge in [0.1, 0.15) is 10.7 Å². The Kier molecular flexibility index (Phi) is 4.23. The van der Waals surface area contributed by atoms with E-state index in [2.05, 4.69) is 35.2 Å². The Morgan fingerprint density at radius 1 is 1.35 bits per heavy atom. The third-order valence-corrected chi connectivity index (χ3v) is 3.50. The summed E-state index contributed by atoms with van der Waals surface area (Å²) in [5, 5.41) is 4.39. The smallest absolute Gasteiger partial charge is 0.142 e. The van der Waals surface area contributed by atoms with Gasteiger partial charge in [0.2, 0.25) is 0 Å². The van der Waals surface area contributed by atoms with Crippen LogP contribution in [0.3, 0.4) is 0 Å². The van der Waals surface area contributed by atoms with Crippen molar-refractivity contribution in [3.63, 3.8) is 0 Å². The van der Waals surface area contributed by atoms with Crippen molar-refractivity contribution in [1.29, 1.82) is 0 Å². The molecule has 0 amide bonds. The quantitative estimate of drug-likeness (QED) is 0.825. The summed E-state index contributed by atoms with van der Waals surface area (Å²) in [5.41, 5.74) is 2.18. The van der Waals surface area contributed by atoms with Gasteiger partial charge in [-0.1, -0.05) is 13.0 Å². The lowest BCUT2D eigenvalue weighted by Gasteiger charge is -1.99. The van der Waals surface area contributed by atoms with E-state index in [4.69, 9.17) is 0 Å². The Balaban J connectivity index is 2.10. The van der Waals surface area contributed by atoms with Crippen LogP contribution in [0.1, 0.15) is 23.8 Å². The van der Waals surface area contributed by atoms with E-state index >= 15 is 0 Å². The summed E-state index contributed by atoms with van der Waals surface area (Å²) in [5.74, 6) is 0. The maximum Gasteiger partial charge on any atom is 0.142 e. The fraction of sp³-hybridized carbons (Fsp3) is 0.385. The summed E-state index contributed by atoms with van der Waals surface area (Å²) in [6, 6.07) is 4.02. The van der Waals surface area contributed by atoms with Crippen LogP contribution < -0.4 is 5.32 Å². The van der Waals surface area contributed by atoms with Gasteiger partial charge in [0.15, 0.2) is 0 Å². The first-order valence-corrected chi connectivity index (χ1v) is 6.70. The molecule has 0 bridgehead atoms. The lowest BCUT2D eigenvalue weighted by Crippen LogP contribution is -2.12. The minimum atomic E-state index is 0.900. The van der Waals surface area contributed by atoms with Gasteiger partial charge in [-0.15, -0.1) is 11.3 Å². The largest absolute Gasteiger partial charge is 0.312 e. The molecule has 0 atom stereocenters. The first-order valence-electron chi connectivity index (χ1n) is 5.88. The third kappa shape index (κ3) is 3.11. The summed E-state index contributed by atoms with van der Waals surface area (Å²) < 4.78 is 0. The minimum Gasteiger partial charge on any atom is -0.312 e. The molecule has 0 saturated carbocycles. The number of hydrogen-bond acceptors (Lipinski definition) is 4. The van der Waals surface area contributed by atoms with Crippen LogP contribution in [0.5, 0.6) is 0 Å². The molecule has 0 aliphatic carbocycles. The molecule has 2 heterocycles. The number of hydrogen-bond donors (Lipinski definition) is 1. The number of rotatable bonds is 5. The third-order valence-electron chi connectivity index (χ3n) is 2.49. The molecule has 0 unspecified atom stereocenters. The Hall–Kier alpha value is -1.26. The topological polar surface area (TPSA) is 37.8 Å². The van der Waals surface area contributed by atoms with Gasteiger partial charge in [0, 0.05) is 23.8 Å². The molecule has 0 spiro atoms. The van der Waals surface area contributed by atoms with Gasteiger partial charge < -0.3 is 5.32 Å². The molecule has 3 nitrogen and oxygen atoms in total. The van der Waals surface area contributed by atoms with Crippen LogP contribution in [0.4, 0.5) is 0 Å². The van der Waals surface area contributed by atoms with E-state index in [0.29, 0.717) is 0 Å². The fourth-order valence-corrected chi connectivity index (χ4v) is 2.54.